The fraction of sp³-hybridized carbons (Fsp3) is 0.238. The Morgan fingerprint density at radius 1 is 1.20 bits per heavy atom. The number of thioether (sulfide) groups is 1. The van der Waals surface area contributed by atoms with Gasteiger partial charge in [0.05, 0.1) is 11.3 Å². The highest BCUT2D eigenvalue weighted by atomic mass is 79.9. The Hall–Kier alpha value is -2.65. The van der Waals surface area contributed by atoms with Gasteiger partial charge in [-0.25, -0.2) is 0 Å². The van der Waals surface area contributed by atoms with Crippen molar-refractivity contribution in [3.8, 4) is 0 Å². The summed E-state index contributed by atoms with van der Waals surface area (Å²) in [6.07, 6.45) is 3.41. The molecule has 2 amide bonds. The van der Waals surface area contributed by atoms with Crippen molar-refractivity contribution in [2.24, 2.45) is 7.05 Å². The van der Waals surface area contributed by atoms with Crippen molar-refractivity contribution in [3.63, 3.8) is 0 Å². The lowest BCUT2D eigenvalue weighted by molar-refractivity contribution is -0.113. The van der Waals surface area contributed by atoms with E-state index >= 15 is 0 Å². The van der Waals surface area contributed by atoms with Crippen molar-refractivity contribution in [3.05, 3.63) is 70.5 Å². The molecule has 7 nitrogen and oxygen atoms in total. The minimum absolute atomic E-state index is 0.153. The Kier molecular flexibility index (Phi) is 5.92. The highest BCUT2D eigenvalue weighted by molar-refractivity contribution is 9.10. The Morgan fingerprint density at radius 2 is 1.97 bits per heavy atom. The van der Waals surface area contributed by atoms with E-state index in [0.29, 0.717) is 16.4 Å². The molecule has 2 N–H and O–H groups in total. The second-order valence-corrected chi connectivity index (χ2v) is 9.04. The van der Waals surface area contributed by atoms with E-state index in [1.807, 2.05) is 31.3 Å². The number of nitrogens with one attached hydrogen (secondary N) is 2. The van der Waals surface area contributed by atoms with Crippen LogP contribution in [0.5, 0.6) is 0 Å². The normalized spacial score (nSPS) is 14.2. The number of rotatable bonds is 7. The number of aryl methyl sites for hydroxylation is 1. The van der Waals surface area contributed by atoms with Crippen LogP contribution < -0.4 is 10.6 Å². The molecule has 154 valence electrons. The van der Waals surface area contributed by atoms with Gasteiger partial charge in [0.15, 0.2) is 5.16 Å². The van der Waals surface area contributed by atoms with E-state index in [9.17, 15) is 9.59 Å². The monoisotopic (exact) mass is 485 g/mol. The summed E-state index contributed by atoms with van der Waals surface area (Å²) in [5, 5.41) is 14.4. The van der Waals surface area contributed by atoms with Crippen molar-refractivity contribution < 1.29 is 9.59 Å². The van der Waals surface area contributed by atoms with Gasteiger partial charge in [-0.2, -0.15) is 0 Å². The number of anilines is 1. The number of hydrogen-bond donors (Lipinski definition) is 2. The van der Waals surface area contributed by atoms with Crippen LogP contribution in [0, 0.1) is 0 Å². The molecule has 0 spiro atoms. The molecule has 0 bridgehead atoms. The van der Waals surface area contributed by atoms with Crippen molar-refractivity contribution in [2.45, 2.75) is 23.5 Å². The molecule has 0 saturated heterocycles. The number of amides is 2. The quantitative estimate of drug-likeness (QED) is 0.497. The van der Waals surface area contributed by atoms with E-state index in [0.717, 1.165) is 22.9 Å². The standard InChI is InChI=1S/C21H20BrN5O2S/c1-27-13-23-26-20(27)30-12-18(28)24-17-4-2-3-14(11-17)19(29)25-21(9-10-21)15-5-7-16(22)8-6-15/h2-8,11,13H,9-10,12H2,1H3,(H,24,28)(H,25,29). The highest BCUT2D eigenvalue weighted by Gasteiger charge is 2.45. The summed E-state index contributed by atoms with van der Waals surface area (Å²) in [5.41, 5.74) is 1.89. The molecule has 0 aliphatic heterocycles. The second-order valence-electron chi connectivity index (χ2n) is 7.19. The largest absolute Gasteiger partial charge is 0.343 e. The number of benzene rings is 2. The van der Waals surface area contributed by atoms with Crippen molar-refractivity contribution >= 4 is 45.2 Å². The van der Waals surface area contributed by atoms with Gasteiger partial charge < -0.3 is 15.2 Å². The van der Waals surface area contributed by atoms with Gasteiger partial charge in [0, 0.05) is 22.8 Å². The molecule has 1 fully saturated rings. The maximum Gasteiger partial charge on any atom is 0.252 e. The molecular weight excluding hydrogens is 466 g/mol. The van der Waals surface area contributed by atoms with Crippen LogP contribution in [0.15, 0.2) is 64.5 Å². The van der Waals surface area contributed by atoms with E-state index < -0.39 is 0 Å². The molecule has 0 radical (unpaired) electrons. The summed E-state index contributed by atoms with van der Waals surface area (Å²) in [6, 6.07) is 15.0. The van der Waals surface area contributed by atoms with Gasteiger partial charge in [0.25, 0.3) is 5.91 Å². The Labute approximate surface area is 186 Å². The van der Waals surface area contributed by atoms with Gasteiger partial charge in [-0.15, -0.1) is 10.2 Å². The van der Waals surface area contributed by atoms with Crippen LogP contribution in [-0.4, -0.2) is 32.3 Å². The molecule has 2 aromatic carbocycles. The Bertz CT molecular complexity index is 1080. The molecule has 4 rings (SSSR count). The highest BCUT2D eigenvalue weighted by Crippen LogP contribution is 2.45. The molecular formula is C21H20BrN5O2S. The van der Waals surface area contributed by atoms with Crippen molar-refractivity contribution in [1.82, 2.24) is 20.1 Å². The summed E-state index contributed by atoms with van der Waals surface area (Å²) < 4.78 is 2.76. The molecule has 1 aromatic heterocycles. The Balaban J connectivity index is 1.38. The van der Waals surface area contributed by atoms with E-state index in [1.54, 1.807) is 35.2 Å². The van der Waals surface area contributed by atoms with Gasteiger partial charge in [-0.1, -0.05) is 45.9 Å². The summed E-state index contributed by atoms with van der Waals surface area (Å²) >= 11 is 4.74. The van der Waals surface area contributed by atoms with Gasteiger partial charge in [0.2, 0.25) is 5.91 Å². The van der Waals surface area contributed by atoms with Gasteiger partial charge in [-0.05, 0) is 48.7 Å². The average molecular weight is 486 g/mol. The lowest BCUT2D eigenvalue weighted by Gasteiger charge is -2.18. The fourth-order valence-electron chi connectivity index (χ4n) is 3.14. The fourth-order valence-corrected chi connectivity index (χ4v) is 4.09. The number of carbonyl (C=O) groups excluding carboxylic acids is 2. The van der Waals surface area contributed by atoms with Gasteiger partial charge >= 0.3 is 0 Å². The molecule has 30 heavy (non-hydrogen) atoms. The maximum absolute atomic E-state index is 12.8. The molecule has 9 heteroatoms. The summed E-state index contributed by atoms with van der Waals surface area (Å²) in [5.74, 6) is -0.121. The lowest BCUT2D eigenvalue weighted by atomic mass is 10.0. The van der Waals surface area contributed by atoms with Gasteiger partial charge in [-0.3, -0.25) is 9.59 Å². The van der Waals surface area contributed by atoms with Crippen LogP contribution in [0.4, 0.5) is 5.69 Å². The SMILES string of the molecule is Cn1cnnc1SCC(=O)Nc1cccc(C(=O)NC2(c3ccc(Br)cc3)CC2)c1. The smallest absolute Gasteiger partial charge is 0.252 e. The molecule has 1 heterocycles. The van der Waals surface area contributed by atoms with E-state index in [4.69, 9.17) is 0 Å². The van der Waals surface area contributed by atoms with E-state index in [1.165, 1.54) is 11.8 Å². The third-order valence-electron chi connectivity index (χ3n) is 4.91. The first-order valence-electron chi connectivity index (χ1n) is 9.40. The average Bonchev–Trinajstić information content (AvgIpc) is 3.39. The zero-order chi connectivity index (χ0) is 21.1. The summed E-state index contributed by atoms with van der Waals surface area (Å²) in [6.45, 7) is 0. The summed E-state index contributed by atoms with van der Waals surface area (Å²) in [4.78, 5) is 25.1. The van der Waals surface area contributed by atoms with Crippen LogP contribution in [0.2, 0.25) is 0 Å². The summed E-state index contributed by atoms with van der Waals surface area (Å²) in [7, 11) is 1.82. The first-order valence-corrected chi connectivity index (χ1v) is 11.2. The topological polar surface area (TPSA) is 88.9 Å². The molecule has 1 aliphatic rings. The number of carbonyl (C=O) groups is 2. The first-order chi connectivity index (χ1) is 14.4. The molecule has 1 aliphatic carbocycles. The maximum atomic E-state index is 12.8. The molecule has 1 saturated carbocycles. The predicted molar refractivity (Wildman–Crippen MR) is 119 cm³/mol. The number of halogens is 1. The lowest BCUT2D eigenvalue weighted by Crippen LogP contribution is -2.34. The predicted octanol–water partition coefficient (Wildman–Crippen LogP) is 3.73. The van der Waals surface area contributed by atoms with Gasteiger partial charge in [0.1, 0.15) is 6.33 Å². The van der Waals surface area contributed by atoms with Crippen LogP contribution in [0.1, 0.15) is 28.8 Å². The van der Waals surface area contributed by atoms with Crippen LogP contribution >= 0.6 is 27.7 Å². The zero-order valence-electron chi connectivity index (χ0n) is 16.3. The minimum Gasteiger partial charge on any atom is -0.343 e. The second kappa shape index (κ2) is 8.61. The van der Waals surface area contributed by atoms with Crippen molar-refractivity contribution in [2.75, 3.05) is 11.1 Å². The number of hydrogen-bond acceptors (Lipinski definition) is 5. The first kappa shape index (κ1) is 20.6. The Morgan fingerprint density at radius 3 is 2.63 bits per heavy atom. The zero-order valence-corrected chi connectivity index (χ0v) is 18.7. The number of aromatic nitrogens is 3. The molecule has 0 unspecified atom stereocenters. The van der Waals surface area contributed by atoms with Crippen LogP contribution in [0.3, 0.4) is 0 Å². The molecule has 0 atom stereocenters. The van der Waals surface area contributed by atoms with Crippen LogP contribution in [0.25, 0.3) is 0 Å². The minimum atomic E-state index is -0.302. The van der Waals surface area contributed by atoms with E-state index in [2.05, 4.69) is 36.8 Å². The number of nitrogens with zero attached hydrogens (tertiary/aromatic N) is 3. The van der Waals surface area contributed by atoms with E-state index in [-0.39, 0.29) is 23.1 Å². The third-order valence-corrected chi connectivity index (χ3v) is 6.47. The molecule has 3 aromatic rings. The third kappa shape index (κ3) is 4.73. The van der Waals surface area contributed by atoms with Crippen molar-refractivity contribution in [1.29, 1.82) is 0 Å². The van der Waals surface area contributed by atoms with Crippen LogP contribution in [-0.2, 0) is 17.4 Å².